The van der Waals surface area contributed by atoms with Gasteiger partial charge in [-0.05, 0) is 49.4 Å². The number of aliphatic hydroxyl groups excluding tert-OH is 1. The van der Waals surface area contributed by atoms with E-state index in [0.717, 1.165) is 120 Å². The number of hydrogen-bond acceptors (Lipinski definition) is 15. The largest absolute Gasteiger partial charge is 0.472 e. The molecule has 0 rings (SSSR count). The Hall–Kier alpha value is -1.94. The summed E-state index contributed by atoms with van der Waals surface area (Å²) in [5.41, 5.74) is 0. The Morgan fingerprint density at radius 1 is 0.311 bits per heavy atom. The number of carbonyl (C=O) groups excluding carboxylic acids is 4. The van der Waals surface area contributed by atoms with E-state index < -0.39 is 97.5 Å². The van der Waals surface area contributed by atoms with Crippen molar-refractivity contribution in [3.05, 3.63) is 0 Å². The maximum Gasteiger partial charge on any atom is 0.472 e. The molecular formula is C71H138O17P2. The average molecular weight is 1330 g/mol. The summed E-state index contributed by atoms with van der Waals surface area (Å²) in [5, 5.41) is 10.6. The predicted molar refractivity (Wildman–Crippen MR) is 363 cm³/mol. The van der Waals surface area contributed by atoms with E-state index >= 15 is 0 Å². The molecule has 90 heavy (non-hydrogen) atoms. The van der Waals surface area contributed by atoms with Gasteiger partial charge in [0, 0.05) is 25.7 Å². The highest BCUT2D eigenvalue weighted by Crippen LogP contribution is 2.45. The van der Waals surface area contributed by atoms with E-state index in [1.54, 1.807) is 0 Å². The molecule has 3 N–H and O–H groups in total. The third-order valence-electron chi connectivity index (χ3n) is 17.0. The van der Waals surface area contributed by atoms with Crippen molar-refractivity contribution < 1.29 is 80.2 Å². The normalized spacial score (nSPS) is 14.9. The number of ether oxygens (including phenoxy) is 4. The number of carbonyl (C=O) groups is 4. The minimum Gasteiger partial charge on any atom is -0.462 e. The number of hydrogen-bond donors (Lipinski definition) is 3. The van der Waals surface area contributed by atoms with Crippen molar-refractivity contribution in [2.45, 2.75) is 369 Å². The van der Waals surface area contributed by atoms with Crippen molar-refractivity contribution in [3.8, 4) is 0 Å². The first kappa shape index (κ1) is 88.1. The molecule has 0 bridgehead atoms. The lowest BCUT2D eigenvalue weighted by atomic mass is 10.00. The Morgan fingerprint density at radius 2 is 0.533 bits per heavy atom. The molecule has 0 aromatic carbocycles. The molecule has 0 spiro atoms. The molecule has 534 valence electrons. The predicted octanol–water partition coefficient (Wildman–Crippen LogP) is 20.1. The van der Waals surface area contributed by atoms with E-state index in [-0.39, 0.29) is 25.7 Å². The molecule has 0 aliphatic carbocycles. The van der Waals surface area contributed by atoms with Crippen LogP contribution in [0.2, 0.25) is 0 Å². The Bertz CT molecular complexity index is 1790. The van der Waals surface area contributed by atoms with E-state index in [1.165, 1.54) is 148 Å². The Balaban J connectivity index is 5.25. The van der Waals surface area contributed by atoms with Crippen molar-refractivity contribution in [3.63, 3.8) is 0 Å². The fourth-order valence-electron chi connectivity index (χ4n) is 10.6. The summed E-state index contributed by atoms with van der Waals surface area (Å²) in [6, 6.07) is 0. The maximum atomic E-state index is 13.0. The van der Waals surface area contributed by atoms with E-state index in [1.807, 2.05) is 0 Å². The molecule has 0 aromatic heterocycles. The number of rotatable bonds is 68. The van der Waals surface area contributed by atoms with E-state index in [2.05, 4.69) is 55.4 Å². The average Bonchev–Trinajstić information content (AvgIpc) is 3.69. The monoisotopic (exact) mass is 1320 g/mol. The van der Waals surface area contributed by atoms with Crippen LogP contribution in [-0.4, -0.2) is 96.7 Å². The second-order valence-electron chi connectivity index (χ2n) is 27.1. The van der Waals surface area contributed by atoms with Crippen LogP contribution in [0.4, 0.5) is 0 Å². The number of esters is 4. The smallest absolute Gasteiger partial charge is 0.462 e. The van der Waals surface area contributed by atoms with Gasteiger partial charge >= 0.3 is 39.5 Å². The molecule has 17 nitrogen and oxygen atoms in total. The number of phosphoric ester groups is 2. The standard InChI is InChI=1S/C71H138O17P2/c1-9-63(7)49-41-33-27-29-36-44-52-69(74)82-58-67(88-71(76)54-46-38-30-28-34-42-50-64(8)10-2)60-86-90(79,80)84-56-65(72)55-83-89(77,78)85-59-66(87-70(75)53-45-37-26-22-18-14-16-20-24-32-40-48-62(5)6)57-81-68(73)51-43-35-25-21-17-13-11-12-15-19-23-31-39-47-61(3)4/h61-67,72H,9-60H2,1-8H3,(H,77,78)(H,79,80)/t63?,64?,65-,66-,67-/m1/s1. The van der Waals surface area contributed by atoms with Gasteiger partial charge in [-0.3, -0.25) is 37.3 Å². The topological polar surface area (TPSA) is 237 Å². The molecular weight excluding hydrogens is 1190 g/mol. The third kappa shape index (κ3) is 62.2. The van der Waals surface area contributed by atoms with Gasteiger partial charge in [0.25, 0.3) is 0 Å². The van der Waals surface area contributed by atoms with E-state index in [4.69, 9.17) is 37.0 Å². The number of aliphatic hydroxyl groups is 1. The summed E-state index contributed by atoms with van der Waals surface area (Å²) in [4.78, 5) is 72.6. The minimum atomic E-state index is -4.95. The van der Waals surface area contributed by atoms with E-state index in [9.17, 15) is 43.2 Å². The second kappa shape index (κ2) is 60.7. The summed E-state index contributed by atoms with van der Waals surface area (Å²) >= 11 is 0. The molecule has 0 fully saturated rings. The molecule has 4 unspecified atom stereocenters. The van der Waals surface area contributed by atoms with Crippen LogP contribution in [0, 0.1) is 23.7 Å². The quantitative estimate of drug-likeness (QED) is 0.0222. The number of unbranched alkanes of at least 4 members (excludes halogenated alkanes) is 32. The van der Waals surface area contributed by atoms with Crippen molar-refractivity contribution in [2.24, 2.45) is 23.7 Å². The van der Waals surface area contributed by atoms with Crippen LogP contribution in [-0.2, 0) is 65.4 Å². The summed E-state index contributed by atoms with van der Waals surface area (Å²) in [7, 11) is -9.90. The summed E-state index contributed by atoms with van der Waals surface area (Å²) < 4.78 is 68.3. The van der Waals surface area contributed by atoms with Gasteiger partial charge in [0.05, 0.1) is 26.4 Å². The molecule has 19 heteroatoms. The first-order valence-electron chi connectivity index (χ1n) is 36.8. The van der Waals surface area contributed by atoms with Gasteiger partial charge in [-0.2, -0.15) is 0 Å². The van der Waals surface area contributed by atoms with E-state index in [0.29, 0.717) is 25.7 Å². The van der Waals surface area contributed by atoms with Gasteiger partial charge in [-0.25, -0.2) is 9.13 Å². The SMILES string of the molecule is CCC(C)CCCCCCCCC(=O)OC[C@H](COP(=O)(O)OC[C@H](O)COP(=O)(O)OC[C@@H](COC(=O)CCCCCCCCCCCCCCCC(C)C)OC(=O)CCCCCCCCCCCCCC(C)C)OC(=O)CCCCCCCCC(C)CC. The molecule has 0 saturated carbocycles. The van der Waals surface area contributed by atoms with Gasteiger partial charge in [0.1, 0.15) is 19.3 Å². The highest BCUT2D eigenvalue weighted by Gasteiger charge is 2.30. The molecule has 0 aromatic rings. The zero-order chi connectivity index (χ0) is 66.8. The van der Waals surface area contributed by atoms with Gasteiger partial charge < -0.3 is 33.8 Å². The number of phosphoric acid groups is 2. The molecule has 0 radical (unpaired) electrons. The van der Waals surface area contributed by atoms with Crippen LogP contribution in [0.1, 0.15) is 351 Å². The van der Waals surface area contributed by atoms with Gasteiger partial charge in [-0.1, -0.05) is 299 Å². The summed E-state index contributed by atoms with van der Waals surface area (Å²) in [6.45, 7) is 14.1. The Kier molecular flexibility index (Phi) is 59.4. The Labute approximate surface area is 549 Å². The van der Waals surface area contributed by atoms with Crippen LogP contribution in [0.5, 0.6) is 0 Å². The summed E-state index contributed by atoms with van der Waals surface area (Å²) in [5.74, 6) is 0.876. The minimum absolute atomic E-state index is 0.102. The summed E-state index contributed by atoms with van der Waals surface area (Å²) in [6.07, 6.45) is 43.1. The maximum absolute atomic E-state index is 13.0. The lowest BCUT2D eigenvalue weighted by Crippen LogP contribution is -2.30. The molecule has 7 atom stereocenters. The molecule has 0 amide bonds. The van der Waals surface area contributed by atoms with Crippen LogP contribution >= 0.6 is 15.6 Å². The van der Waals surface area contributed by atoms with Crippen LogP contribution in [0.3, 0.4) is 0 Å². The van der Waals surface area contributed by atoms with Gasteiger partial charge in [0.2, 0.25) is 0 Å². The highest BCUT2D eigenvalue weighted by atomic mass is 31.2. The molecule has 0 saturated heterocycles. The van der Waals surface area contributed by atoms with Crippen molar-refractivity contribution in [1.29, 1.82) is 0 Å². The van der Waals surface area contributed by atoms with Crippen LogP contribution in [0.15, 0.2) is 0 Å². The van der Waals surface area contributed by atoms with Gasteiger partial charge in [-0.15, -0.1) is 0 Å². The van der Waals surface area contributed by atoms with Crippen LogP contribution in [0.25, 0.3) is 0 Å². The highest BCUT2D eigenvalue weighted by molar-refractivity contribution is 7.47. The lowest BCUT2D eigenvalue weighted by molar-refractivity contribution is -0.161. The first-order valence-corrected chi connectivity index (χ1v) is 39.8. The Morgan fingerprint density at radius 3 is 0.789 bits per heavy atom. The van der Waals surface area contributed by atoms with Crippen LogP contribution < -0.4 is 0 Å². The van der Waals surface area contributed by atoms with Gasteiger partial charge in [0.15, 0.2) is 12.2 Å². The third-order valence-corrected chi connectivity index (χ3v) is 18.9. The van der Waals surface area contributed by atoms with Crippen molar-refractivity contribution >= 4 is 39.5 Å². The van der Waals surface area contributed by atoms with Crippen molar-refractivity contribution in [1.82, 2.24) is 0 Å². The second-order valence-corrected chi connectivity index (χ2v) is 30.0. The fraction of sp³-hybridized carbons (Fsp3) is 0.944. The zero-order valence-electron chi connectivity index (χ0n) is 58.8. The van der Waals surface area contributed by atoms with Crippen molar-refractivity contribution in [2.75, 3.05) is 39.6 Å². The zero-order valence-corrected chi connectivity index (χ0v) is 60.6. The molecule has 0 aliphatic heterocycles. The first-order chi connectivity index (χ1) is 43.2. The molecule has 0 aliphatic rings. The fourth-order valence-corrected chi connectivity index (χ4v) is 12.2. The lowest BCUT2D eigenvalue weighted by Gasteiger charge is -2.21. The molecule has 0 heterocycles.